The Hall–Kier alpha value is -0.560. The van der Waals surface area contributed by atoms with E-state index in [1.165, 1.54) is 30.4 Å². The van der Waals surface area contributed by atoms with Crippen LogP contribution in [0.3, 0.4) is 0 Å². The Balaban J connectivity index is 2.08. The molecular formula is C13H20N2O2S2. The molecule has 0 bridgehead atoms. The first-order valence-corrected chi connectivity index (χ1v) is 9.13. The number of rotatable bonds is 4. The molecule has 0 aromatic heterocycles. The summed E-state index contributed by atoms with van der Waals surface area (Å²) in [6, 6.07) is 7.52. The van der Waals surface area contributed by atoms with E-state index in [1.54, 1.807) is 12.1 Å². The second-order valence-corrected chi connectivity index (χ2v) is 7.68. The van der Waals surface area contributed by atoms with E-state index in [2.05, 4.69) is 12.2 Å². The largest absolute Gasteiger partial charge is 0.307 e. The zero-order valence-corrected chi connectivity index (χ0v) is 12.6. The number of nitrogens with one attached hydrogen (secondary N) is 1. The van der Waals surface area contributed by atoms with Crippen LogP contribution in [0.5, 0.6) is 0 Å². The maximum atomic E-state index is 11.4. The quantitative estimate of drug-likeness (QED) is 0.890. The summed E-state index contributed by atoms with van der Waals surface area (Å²) in [6.45, 7) is 2.06. The van der Waals surface area contributed by atoms with Crippen LogP contribution in [-0.4, -0.2) is 26.0 Å². The first kappa shape index (κ1) is 14.8. The second-order valence-electron chi connectivity index (χ2n) is 4.89. The van der Waals surface area contributed by atoms with Gasteiger partial charge in [0, 0.05) is 12.1 Å². The summed E-state index contributed by atoms with van der Waals surface area (Å²) in [5, 5.41) is 8.72. The van der Waals surface area contributed by atoms with Gasteiger partial charge in [-0.1, -0.05) is 12.1 Å². The van der Waals surface area contributed by atoms with Crippen LogP contribution in [0.2, 0.25) is 0 Å². The van der Waals surface area contributed by atoms with Crippen LogP contribution in [0, 0.1) is 0 Å². The second kappa shape index (κ2) is 6.26. The maximum absolute atomic E-state index is 11.4. The number of primary sulfonamides is 1. The first-order chi connectivity index (χ1) is 8.97. The van der Waals surface area contributed by atoms with E-state index in [9.17, 15) is 8.42 Å². The molecule has 1 saturated heterocycles. The van der Waals surface area contributed by atoms with Gasteiger partial charge in [-0.3, -0.25) is 0 Å². The van der Waals surface area contributed by atoms with Crippen molar-refractivity contribution >= 4 is 21.8 Å². The van der Waals surface area contributed by atoms with Crippen LogP contribution >= 0.6 is 11.8 Å². The predicted octanol–water partition coefficient (Wildman–Crippen LogP) is 1.88. The smallest absolute Gasteiger partial charge is 0.238 e. The normalized spacial score (nSPS) is 19.3. The van der Waals surface area contributed by atoms with E-state index >= 15 is 0 Å². The van der Waals surface area contributed by atoms with Gasteiger partial charge in [-0.05, 0) is 49.0 Å². The third-order valence-corrected chi connectivity index (χ3v) is 5.35. The number of thioether (sulfide) groups is 1. The summed E-state index contributed by atoms with van der Waals surface area (Å²) in [7, 11) is -3.62. The Bertz CT molecular complexity index is 525. The summed E-state index contributed by atoms with van der Waals surface area (Å²) in [6.07, 6.45) is 2.34. The predicted molar refractivity (Wildman–Crippen MR) is 79.7 cm³/mol. The molecule has 1 fully saturated rings. The van der Waals surface area contributed by atoms with Crippen LogP contribution in [-0.2, 0) is 10.0 Å². The van der Waals surface area contributed by atoms with E-state index in [1.807, 2.05) is 17.8 Å². The third kappa shape index (κ3) is 4.21. The highest BCUT2D eigenvalue weighted by atomic mass is 32.2. The Morgan fingerprint density at radius 3 is 2.68 bits per heavy atom. The molecule has 1 heterocycles. The molecule has 0 saturated carbocycles. The van der Waals surface area contributed by atoms with Gasteiger partial charge >= 0.3 is 0 Å². The van der Waals surface area contributed by atoms with Gasteiger partial charge in [-0.25, -0.2) is 13.6 Å². The SMILES string of the molecule is CC(NC1CCSCC1)c1cccc(S(N)(=O)=O)c1. The minimum Gasteiger partial charge on any atom is -0.307 e. The molecule has 3 N–H and O–H groups in total. The first-order valence-electron chi connectivity index (χ1n) is 6.43. The van der Waals surface area contributed by atoms with E-state index < -0.39 is 10.0 Å². The Morgan fingerprint density at radius 2 is 2.05 bits per heavy atom. The van der Waals surface area contributed by atoms with Gasteiger partial charge in [0.15, 0.2) is 0 Å². The summed E-state index contributed by atoms with van der Waals surface area (Å²) in [5.41, 5.74) is 0.963. The van der Waals surface area contributed by atoms with Crippen LogP contribution < -0.4 is 10.5 Å². The van der Waals surface area contributed by atoms with E-state index in [-0.39, 0.29) is 10.9 Å². The van der Waals surface area contributed by atoms with Gasteiger partial charge in [-0.2, -0.15) is 11.8 Å². The van der Waals surface area contributed by atoms with Crippen LogP contribution in [0.25, 0.3) is 0 Å². The fourth-order valence-corrected chi connectivity index (χ4v) is 3.95. The summed E-state index contributed by atoms with van der Waals surface area (Å²) >= 11 is 1.99. The molecule has 19 heavy (non-hydrogen) atoms. The van der Waals surface area contributed by atoms with Crippen molar-refractivity contribution in [3.8, 4) is 0 Å². The summed E-state index contributed by atoms with van der Waals surface area (Å²) < 4.78 is 22.7. The lowest BCUT2D eigenvalue weighted by molar-refractivity contribution is 0.431. The van der Waals surface area contributed by atoms with Crippen molar-refractivity contribution in [2.75, 3.05) is 11.5 Å². The minimum atomic E-state index is -3.62. The lowest BCUT2D eigenvalue weighted by Crippen LogP contribution is -2.34. The Kier molecular flexibility index (Phi) is 4.89. The van der Waals surface area contributed by atoms with Crippen LogP contribution in [0.1, 0.15) is 31.4 Å². The van der Waals surface area contributed by atoms with Gasteiger partial charge in [0.05, 0.1) is 4.90 Å². The topological polar surface area (TPSA) is 72.2 Å². The number of hydrogen-bond donors (Lipinski definition) is 2. The van der Waals surface area contributed by atoms with Crippen molar-refractivity contribution in [1.29, 1.82) is 0 Å². The van der Waals surface area contributed by atoms with Gasteiger partial charge < -0.3 is 5.32 Å². The number of nitrogens with two attached hydrogens (primary N) is 1. The molecule has 2 rings (SSSR count). The van der Waals surface area contributed by atoms with Gasteiger partial charge in [0.1, 0.15) is 0 Å². The molecule has 1 aromatic rings. The summed E-state index contributed by atoms with van der Waals surface area (Å²) in [5.74, 6) is 2.39. The van der Waals surface area contributed by atoms with Crippen molar-refractivity contribution in [2.45, 2.75) is 36.7 Å². The van der Waals surface area contributed by atoms with Crippen molar-refractivity contribution < 1.29 is 8.42 Å². The fourth-order valence-electron chi connectivity index (χ4n) is 2.27. The fraction of sp³-hybridized carbons (Fsp3) is 0.538. The molecule has 0 amide bonds. The third-order valence-electron chi connectivity index (χ3n) is 3.39. The number of sulfonamides is 1. The van der Waals surface area contributed by atoms with Gasteiger partial charge in [0.25, 0.3) is 0 Å². The molecular weight excluding hydrogens is 280 g/mol. The molecule has 1 unspecified atom stereocenters. The van der Waals surface area contributed by atoms with E-state index in [0.717, 1.165) is 5.56 Å². The van der Waals surface area contributed by atoms with Crippen molar-refractivity contribution in [2.24, 2.45) is 5.14 Å². The molecule has 0 spiro atoms. The Morgan fingerprint density at radius 1 is 1.37 bits per heavy atom. The maximum Gasteiger partial charge on any atom is 0.238 e. The molecule has 1 aliphatic rings. The lowest BCUT2D eigenvalue weighted by Gasteiger charge is -2.26. The van der Waals surface area contributed by atoms with Crippen molar-refractivity contribution in [1.82, 2.24) is 5.32 Å². The van der Waals surface area contributed by atoms with Crippen molar-refractivity contribution in [3.05, 3.63) is 29.8 Å². The minimum absolute atomic E-state index is 0.134. The molecule has 0 radical (unpaired) electrons. The summed E-state index contributed by atoms with van der Waals surface area (Å²) in [4.78, 5) is 0.179. The number of benzene rings is 1. The standard InChI is InChI=1S/C13H20N2O2S2/c1-10(15-12-5-7-18-8-6-12)11-3-2-4-13(9-11)19(14,16)17/h2-4,9-10,12,15H,5-8H2,1H3,(H2,14,16,17). The highest BCUT2D eigenvalue weighted by Crippen LogP contribution is 2.22. The van der Waals surface area contributed by atoms with Crippen molar-refractivity contribution in [3.63, 3.8) is 0 Å². The molecule has 106 valence electrons. The lowest BCUT2D eigenvalue weighted by atomic mass is 10.1. The average molecular weight is 300 g/mol. The molecule has 1 aliphatic heterocycles. The molecule has 4 nitrogen and oxygen atoms in total. The molecule has 0 aliphatic carbocycles. The van der Waals surface area contributed by atoms with Crippen LogP contribution in [0.4, 0.5) is 0 Å². The zero-order chi connectivity index (χ0) is 13.9. The highest BCUT2D eigenvalue weighted by molar-refractivity contribution is 7.99. The van der Waals surface area contributed by atoms with E-state index in [0.29, 0.717) is 6.04 Å². The number of hydrogen-bond acceptors (Lipinski definition) is 4. The van der Waals surface area contributed by atoms with Crippen LogP contribution in [0.15, 0.2) is 29.2 Å². The monoisotopic (exact) mass is 300 g/mol. The molecule has 1 atom stereocenters. The van der Waals surface area contributed by atoms with Gasteiger partial charge in [0.2, 0.25) is 10.0 Å². The Labute approximate surface area is 119 Å². The molecule has 1 aromatic carbocycles. The zero-order valence-electron chi connectivity index (χ0n) is 11.0. The average Bonchev–Trinajstić information content (AvgIpc) is 2.39. The van der Waals surface area contributed by atoms with E-state index in [4.69, 9.17) is 5.14 Å². The highest BCUT2D eigenvalue weighted by Gasteiger charge is 2.17. The van der Waals surface area contributed by atoms with Gasteiger partial charge in [-0.15, -0.1) is 0 Å². The molecule has 6 heteroatoms.